The fourth-order valence-electron chi connectivity index (χ4n) is 3.29. The van der Waals surface area contributed by atoms with Gasteiger partial charge in [-0.25, -0.2) is 4.39 Å². The van der Waals surface area contributed by atoms with Crippen molar-refractivity contribution in [1.82, 2.24) is 15.5 Å². The number of piperazine rings is 1. The number of carbonyl (C=O) groups is 2. The van der Waals surface area contributed by atoms with Crippen molar-refractivity contribution in [3.05, 3.63) is 71.5 Å². The minimum atomic E-state index is -0.297. The molecule has 27 heavy (non-hydrogen) atoms. The lowest BCUT2D eigenvalue weighted by atomic mass is 10.0. The predicted molar refractivity (Wildman–Crippen MR) is 102 cm³/mol. The summed E-state index contributed by atoms with van der Waals surface area (Å²) < 4.78 is 13.6. The molecule has 1 unspecified atom stereocenters. The van der Waals surface area contributed by atoms with E-state index < -0.39 is 0 Å². The molecule has 0 spiro atoms. The van der Waals surface area contributed by atoms with E-state index in [0.29, 0.717) is 38.0 Å². The Hall–Kier alpha value is -2.73. The lowest BCUT2D eigenvalue weighted by Crippen LogP contribution is -2.48. The SMILES string of the molecule is O=C(NCCCC(=O)N1CCNCC1c1cccc(F)c1)c1ccccc1. The first-order valence-corrected chi connectivity index (χ1v) is 9.24. The maximum Gasteiger partial charge on any atom is 0.251 e. The molecule has 1 fully saturated rings. The van der Waals surface area contributed by atoms with Gasteiger partial charge >= 0.3 is 0 Å². The fourth-order valence-corrected chi connectivity index (χ4v) is 3.29. The van der Waals surface area contributed by atoms with Gasteiger partial charge in [0.05, 0.1) is 6.04 Å². The van der Waals surface area contributed by atoms with Crippen molar-refractivity contribution >= 4 is 11.8 Å². The monoisotopic (exact) mass is 369 g/mol. The molecule has 1 heterocycles. The van der Waals surface area contributed by atoms with E-state index in [1.807, 2.05) is 29.2 Å². The van der Waals surface area contributed by atoms with Crippen LogP contribution in [0, 0.1) is 5.82 Å². The molecule has 2 aromatic rings. The first-order chi connectivity index (χ1) is 13.1. The molecule has 5 nitrogen and oxygen atoms in total. The maximum absolute atomic E-state index is 13.6. The van der Waals surface area contributed by atoms with Gasteiger partial charge < -0.3 is 15.5 Å². The molecule has 2 amide bonds. The summed E-state index contributed by atoms with van der Waals surface area (Å²) in [6.07, 6.45) is 0.915. The van der Waals surface area contributed by atoms with Crippen LogP contribution >= 0.6 is 0 Å². The number of nitrogens with one attached hydrogen (secondary N) is 2. The number of rotatable bonds is 6. The Labute approximate surface area is 158 Å². The van der Waals surface area contributed by atoms with Gasteiger partial charge in [-0.2, -0.15) is 0 Å². The van der Waals surface area contributed by atoms with Crippen molar-refractivity contribution < 1.29 is 14.0 Å². The smallest absolute Gasteiger partial charge is 0.251 e. The summed E-state index contributed by atoms with van der Waals surface area (Å²) in [6, 6.07) is 15.2. The number of carbonyl (C=O) groups excluding carboxylic acids is 2. The van der Waals surface area contributed by atoms with E-state index >= 15 is 0 Å². The molecule has 2 aromatic carbocycles. The Bertz CT molecular complexity index is 782. The summed E-state index contributed by atoms with van der Waals surface area (Å²) in [7, 11) is 0. The van der Waals surface area contributed by atoms with Gasteiger partial charge in [-0.15, -0.1) is 0 Å². The van der Waals surface area contributed by atoms with Crippen molar-refractivity contribution in [2.24, 2.45) is 0 Å². The molecule has 0 radical (unpaired) electrons. The van der Waals surface area contributed by atoms with Crippen molar-refractivity contribution in [3.8, 4) is 0 Å². The van der Waals surface area contributed by atoms with Gasteiger partial charge in [0.15, 0.2) is 0 Å². The Kier molecular flexibility index (Phi) is 6.54. The largest absolute Gasteiger partial charge is 0.352 e. The zero-order valence-corrected chi connectivity index (χ0v) is 15.2. The summed E-state index contributed by atoms with van der Waals surface area (Å²) in [5.74, 6) is -0.406. The van der Waals surface area contributed by atoms with E-state index in [0.717, 1.165) is 12.1 Å². The molecule has 0 aromatic heterocycles. The van der Waals surface area contributed by atoms with E-state index in [-0.39, 0.29) is 23.7 Å². The highest BCUT2D eigenvalue weighted by Crippen LogP contribution is 2.23. The second kappa shape index (κ2) is 9.28. The van der Waals surface area contributed by atoms with Crippen LogP contribution in [0.15, 0.2) is 54.6 Å². The molecule has 0 bridgehead atoms. The Morgan fingerprint density at radius 2 is 1.96 bits per heavy atom. The first-order valence-electron chi connectivity index (χ1n) is 9.24. The van der Waals surface area contributed by atoms with E-state index in [9.17, 15) is 14.0 Å². The average Bonchev–Trinajstić information content (AvgIpc) is 2.71. The average molecular weight is 369 g/mol. The van der Waals surface area contributed by atoms with Gasteiger partial charge in [0.1, 0.15) is 5.82 Å². The van der Waals surface area contributed by atoms with Crippen molar-refractivity contribution in [1.29, 1.82) is 0 Å². The van der Waals surface area contributed by atoms with Crippen LogP contribution in [-0.4, -0.2) is 42.9 Å². The molecule has 1 aliphatic rings. The van der Waals surface area contributed by atoms with Crippen LogP contribution in [0.25, 0.3) is 0 Å². The van der Waals surface area contributed by atoms with Gasteiger partial charge in [0, 0.05) is 38.2 Å². The molecule has 0 aliphatic carbocycles. The Morgan fingerprint density at radius 1 is 1.15 bits per heavy atom. The Morgan fingerprint density at radius 3 is 2.74 bits per heavy atom. The highest BCUT2D eigenvalue weighted by molar-refractivity contribution is 5.94. The molecule has 0 saturated carbocycles. The minimum Gasteiger partial charge on any atom is -0.352 e. The molecule has 1 atom stereocenters. The third kappa shape index (κ3) is 5.14. The van der Waals surface area contributed by atoms with Gasteiger partial charge in [-0.05, 0) is 36.2 Å². The topological polar surface area (TPSA) is 61.4 Å². The summed E-state index contributed by atoms with van der Waals surface area (Å²) in [6.45, 7) is 2.37. The number of hydrogen-bond acceptors (Lipinski definition) is 3. The lowest BCUT2D eigenvalue weighted by molar-refractivity contribution is -0.134. The van der Waals surface area contributed by atoms with Crippen LogP contribution in [0.3, 0.4) is 0 Å². The van der Waals surface area contributed by atoms with Gasteiger partial charge in [-0.3, -0.25) is 9.59 Å². The van der Waals surface area contributed by atoms with Crippen LogP contribution < -0.4 is 10.6 Å². The zero-order chi connectivity index (χ0) is 19.1. The molecular weight excluding hydrogens is 345 g/mol. The summed E-state index contributed by atoms with van der Waals surface area (Å²) in [5.41, 5.74) is 1.41. The maximum atomic E-state index is 13.6. The van der Waals surface area contributed by atoms with Gasteiger partial charge in [0.25, 0.3) is 5.91 Å². The van der Waals surface area contributed by atoms with E-state index in [1.54, 1.807) is 18.2 Å². The molecule has 2 N–H and O–H groups in total. The number of benzene rings is 2. The lowest BCUT2D eigenvalue weighted by Gasteiger charge is -2.36. The zero-order valence-electron chi connectivity index (χ0n) is 15.2. The van der Waals surface area contributed by atoms with Crippen LogP contribution in [-0.2, 0) is 4.79 Å². The fraction of sp³-hybridized carbons (Fsp3) is 0.333. The minimum absolute atomic E-state index is 0.0275. The molecule has 1 saturated heterocycles. The second-order valence-electron chi connectivity index (χ2n) is 6.59. The molecule has 142 valence electrons. The van der Waals surface area contributed by atoms with Crippen LogP contribution in [0.1, 0.15) is 34.8 Å². The summed E-state index contributed by atoms with van der Waals surface area (Å²) in [4.78, 5) is 26.5. The first kappa shape index (κ1) is 19.0. The molecule has 3 rings (SSSR count). The number of hydrogen-bond donors (Lipinski definition) is 2. The van der Waals surface area contributed by atoms with Gasteiger partial charge in [0.2, 0.25) is 5.91 Å². The van der Waals surface area contributed by atoms with Crippen LogP contribution in [0.2, 0.25) is 0 Å². The van der Waals surface area contributed by atoms with E-state index in [2.05, 4.69) is 10.6 Å². The van der Waals surface area contributed by atoms with E-state index in [1.165, 1.54) is 12.1 Å². The predicted octanol–water partition coefficient (Wildman–Crippen LogP) is 2.51. The highest BCUT2D eigenvalue weighted by Gasteiger charge is 2.27. The third-order valence-electron chi connectivity index (χ3n) is 4.69. The number of halogens is 1. The molecule has 6 heteroatoms. The number of amides is 2. The van der Waals surface area contributed by atoms with Crippen molar-refractivity contribution in [2.45, 2.75) is 18.9 Å². The third-order valence-corrected chi connectivity index (χ3v) is 4.69. The summed E-state index contributed by atoms with van der Waals surface area (Å²) >= 11 is 0. The van der Waals surface area contributed by atoms with Crippen molar-refractivity contribution in [2.75, 3.05) is 26.2 Å². The van der Waals surface area contributed by atoms with Crippen molar-refractivity contribution in [3.63, 3.8) is 0 Å². The van der Waals surface area contributed by atoms with Crippen LogP contribution in [0.4, 0.5) is 4.39 Å². The number of nitrogens with zero attached hydrogens (tertiary/aromatic N) is 1. The van der Waals surface area contributed by atoms with Gasteiger partial charge in [-0.1, -0.05) is 30.3 Å². The highest BCUT2D eigenvalue weighted by atomic mass is 19.1. The second-order valence-corrected chi connectivity index (χ2v) is 6.59. The molecule has 1 aliphatic heterocycles. The Balaban J connectivity index is 1.51. The van der Waals surface area contributed by atoms with E-state index in [4.69, 9.17) is 0 Å². The summed E-state index contributed by atoms with van der Waals surface area (Å²) in [5, 5.41) is 6.10. The standard InChI is InChI=1S/C21H24FN3O2/c22-18-9-4-8-17(14-18)19-15-23-12-13-25(19)20(26)10-5-11-24-21(27)16-6-2-1-3-7-16/h1-4,6-9,14,19,23H,5,10-13,15H2,(H,24,27). The van der Waals surface area contributed by atoms with Crippen LogP contribution in [0.5, 0.6) is 0 Å². The molecular formula is C21H24FN3O2. The normalized spacial score (nSPS) is 16.8. The quantitative estimate of drug-likeness (QED) is 0.769.